The van der Waals surface area contributed by atoms with E-state index in [0.29, 0.717) is 18.9 Å². The topological polar surface area (TPSA) is 69.9 Å². The van der Waals surface area contributed by atoms with E-state index in [1.807, 2.05) is 0 Å². The molecule has 0 aliphatic heterocycles. The van der Waals surface area contributed by atoms with E-state index in [1.54, 1.807) is 16.9 Å². The largest absolute Gasteiger partial charge is 0.384 e. The Morgan fingerprint density at radius 2 is 2.09 bits per heavy atom. The molecule has 0 saturated carbocycles. The standard InChI is InChI=1S/C5H10N4.2ClH/c6-2-4-9-5(7)1-3-8-9;;/h1,3H,2,4,6-7H2;2*1H. The fourth-order valence-corrected chi connectivity index (χ4v) is 0.652. The summed E-state index contributed by atoms with van der Waals surface area (Å²) in [4.78, 5) is 0. The first kappa shape index (κ1) is 13.2. The van der Waals surface area contributed by atoms with Crippen LogP contribution in [0.4, 0.5) is 5.82 Å². The van der Waals surface area contributed by atoms with Gasteiger partial charge in [0.1, 0.15) is 5.82 Å². The third kappa shape index (κ3) is 3.46. The summed E-state index contributed by atoms with van der Waals surface area (Å²) in [5, 5.41) is 3.92. The van der Waals surface area contributed by atoms with Crippen molar-refractivity contribution in [3.05, 3.63) is 12.3 Å². The van der Waals surface area contributed by atoms with Crippen molar-refractivity contribution in [1.82, 2.24) is 9.78 Å². The van der Waals surface area contributed by atoms with Crippen LogP contribution in [0, 0.1) is 0 Å². The Morgan fingerprint density at radius 1 is 1.45 bits per heavy atom. The fourth-order valence-electron chi connectivity index (χ4n) is 0.652. The zero-order valence-corrected chi connectivity index (χ0v) is 7.57. The van der Waals surface area contributed by atoms with Crippen LogP contribution >= 0.6 is 24.8 Å². The minimum absolute atomic E-state index is 0. The monoisotopic (exact) mass is 198 g/mol. The van der Waals surface area contributed by atoms with E-state index in [4.69, 9.17) is 11.5 Å². The average Bonchev–Trinajstić information content (AvgIpc) is 2.18. The number of aromatic nitrogens is 2. The van der Waals surface area contributed by atoms with E-state index in [-0.39, 0.29) is 24.8 Å². The lowest BCUT2D eigenvalue weighted by atomic mass is 10.6. The van der Waals surface area contributed by atoms with Crippen LogP contribution in [0.1, 0.15) is 0 Å². The summed E-state index contributed by atoms with van der Waals surface area (Å²) in [6.45, 7) is 1.27. The average molecular weight is 199 g/mol. The van der Waals surface area contributed by atoms with Crippen molar-refractivity contribution in [1.29, 1.82) is 0 Å². The van der Waals surface area contributed by atoms with Gasteiger partial charge in [0.2, 0.25) is 0 Å². The number of hydrogen-bond donors (Lipinski definition) is 2. The molecule has 11 heavy (non-hydrogen) atoms. The number of nitrogens with zero attached hydrogens (tertiary/aromatic N) is 2. The van der Waals surface area contributed by atoms with Crippen LogP contribution in [-0.2, 0) is 6.54 Å². The molecule has 0 spiro atoms. The summed E-state index contributed by atoms with van der Waals surface area (Å²) in [6, 6.07) is 1.75. The second-order valence-corrected chi connectivity index (χ2v) is 1.77. The maximum atomic E-state index is 5.47. The van der Waals surface area contributed by atoms with Crippen molar-refractivity contribution in [2.45, 2.75) is 6.54 Å². The second-order valence-electron chi connectivity index (χ2n) is 1.77. The van der Waals surface area contributed by atoms with Gasteiger partial charge in [-0.05, 0) is 6.07 Å². The van der Waals surface area contributed by atoms with Crippen molar-refractivity contribution in [2.75, 3.05) is 12.3 Å². The van der Waals surface area contributed by atoms with E-state index in [0.717, 1.165) is 0 Å². The van der Waals surface area contributed by atoms with Gasteiger partial charge in [0.05, 0.1) is 12.7 Å². The molecule has 1 aromatic heterocycles. The van der Waals surface area contributed by atoms with Crippen LogP contribution in [0.3, 0.4) is 0 Å². The molecule has 1 aromatic rings. The van der Waals surface area contributed by atoms with Crippen molar-refractivity contribution in [3.63, 3.8) is 0 Å². The first-order valence-electron chi connectivity index (χ1n) is 2.82. The van der Waals surface area contributed by atoms with E-state index >= 15 is 0 Å². The molecule has 6 heteroatoms. The highest BCUT2D eigenvalue weighted by molar-refractivity contribution is 5.85. The van der Waals surface area contributed by atoms with Gasteiger partial charge in [-0.3, -0.25) is 0 Å². The van der Waals surface area contributed by atoms with Gasteiger partial charge in [0, 0.05) is 6.54 Å². The Labute approximate surface area is 77.8 Å². The minimum Gasteiger partial charge on any atom is -0.384 e. The van der Waals surface area contributed by atoms with Crippen molar-refractivity contribution in [3.8, 4) is 0 Å². The molecule has 0 aromatic carbocycles. The lowest BCUT2D eigenvalue weighted by molar-refractivity contribution is 0.634. The molecule has 1 heterocycles. The van der Waals surface area contributed by atoms with Gasteiger partial charge in [-0.2, -0.15) is 5.10 Å². The first-order valence-corrected chi connectivity index (χ1v) is 2.82. The predicted molar refractivity (Wildman–Crippen MR) is 50.2 cm³/mol. The lowest BCUT2D eigenvalue weighted by Gasteiger charge is -1.98. The maximum absolute atomic E-state index is 5.47. The van der Waals surface area contributed by atoms with Crippen LogP contribution in [0.5, 0.6) is 0 Å². The Balaban J connectivity index is 0. The van der Waals surface area contributed by atoms with E-state index in [2.05, 4.69) is 5.10 Å². The summed E-state index contributed by atoms with van der Waals surface area (Å²) in [6.07, 6.45) is 1.66. The molecule has 0 amide bonds. The van der Waals surface area contributed by atoms with E-state index in [9.17, 15) is 0 Å². The summed E-state index contributed by atoms with van der Waals surface area (Å²) < 4.78 is 1.67. The number of hydrogen-bond acceptors (Lipinski definition) is 3. The van der Waals surface area contributed by atoms with E-state index in [1.165, 1.54) is 0 Å². The summed E-state index contributed by atoms with van der Waals surface area (Å²) in [5.74, 6) is 0.667. The van der Waals surface area contributed by atoms with Gasteiger partial charge in [-0.1, -0.05) is 0 Å². The molecular formula is C5H12Cl2N4. The quantitative estimate of drug-likeness (QED) is 0.718. The predicted octanol–water partition coefficient (Wildman–Crippen LogP) is 0.268. The van der Waals surface area contributed by atoms with Gasteiger partial charge in [-0.25, -0.2) is 4.68 Å². The summed E-state index contributed by atoms with van der Waals surface area (Å²) in [7, 11) is 0. The van der Waals surface area contributed by atoms with Crippen LogP contribution in [-0.4, -0.2) is 16.3 Å². The Bertz CT molecular complexity index is 188. The van der Waals surface area contributed by atoms with Gasteiger partial charge in [0.15, 0.2) is 0 Å². The number of nitrogens with two attached hydrogens (primary N) is 2. The zero-order valence-electron chi connectivity index (χ0n) is 5.93. The molecule has 4 N–H and O–H groups in total. The zero-order chi connectivity index (χ0) is 6.69. The van der Waals surface area contributed by atoms with Crippen LogP contribution in [0.25, 0.3) is 0 Å². The molecule has 0 radical (unpaired) electrons. The molecule has 66 valence electrons. The van der Waals surface area contributed by atoms with Crippen molar-refractivity contribution < 1.29 is 0 Å². The molecule has 0 unspecified atom stereocenters. The third-order valence-electron chi connectivity index (χ3n) is 1.09. The highest BCUT2D eigenvalue weighted by Crippen LogP contribution is 1.96. The summed E-state index contributed by atoms with van der Waals surface area (Å²) >= 11 is 0. The molecule has 0 bridgehead atoms. The van der Waals surface area contributed by atoms with Crippen LogP contribution < -0.4 is 11.5 Å². The van der Waals surface area contributed by atoms with Crippen molar-refractivity contribution >= 4 is 30.6 Å². The van der Waals surface area contributed by atoms with Gasteiger partial charge < -0.3 is 11.5 Å². The Morgan fingerprint density at radius 3 is 2.45 bits per heavy atom. The summed E-state index contributed by atoms with van der Waals surface area (Å²) in [5.41, 5.74) is 10.7. The highest BCUT2D eigenvalue weighted by Gasteiger charge is 1.92. The van der Waals surface area contributed by atoms with Crippen molar-refractivity contribution in [2.24, 2.45) is 5.73 Å². The molecule has 0 aliphatic rings. The molecule has 0 atom stereocenters. The smallest absolute Gasteiger partial charge is 0.121 e. The first-order chi connectivity index (χ1) is 4.34. The molecule has 0 saturated heterocycles. The minimum atomic E-state index is 0. The van der Waals surface area contributed by atoms with Gasteiger partial charge in [-0.15, -0.1) is 24.8 Å². The third-order valence-corrected chi connectivity index (χ3v) is 1.09. The molecule has 4 nitrogen and oxygen atoms in total. The number of halogens is 2. The molecule has 1 rings (SSSR count). The van der Waals surface area contributed by atoms with E-state index < -0.39 is 0 Å². The normalized spacial score (nSPS) is 8.09. The number of nitrogen functional groups attached to an aromatic ring is 1. The number of rotatable bonds is 2. The van der Waals surface area contributed by atoms with Gasteiger partial charge in [0.25, 0.3) is 0 Å². The Kier molecular flexibility index (Phi) is 7.51. The van der Waals surface area contributed by atoms with Gasteiger partial charge >= 0.3 is 0 Å². The highest BCUT2D eigenvalue weighted by atomic mass is 35.5. The fraction of sp³-hybridized carbons (Fsp3) is 0.400. The lowest BCUT2D eigenvalue weighted by Crippen LogP contribution is -2.12. The second kappa shape index (κ2) is 6.27. The molecular weight excluding hydrogens is 187 g/mol. The molecule has 0 aliphatic carbocycles. The number of anilines is 1. The molecule has 0 fully saturated rings. The van der Waals surface area contributed by atoms with Crippen LogP contribution in [0.15, 0.2) is 12.3 Å². The maximum Gasteiger partial charge on any atom is 0.121 e. The van der Waals surface area contributed by atoms with Crippen LogP contribution in [0.2, 0.25) is 0 Å². The Hall–Kier alpha value is -0.450. The SMILES string of the molecule is Cl.Cl.NCCn1nccc1N.